The second kappa shape index (κ2) is 6.84. The average molecular weight is 312 g/mol. The molecule has 1 unspecified atom stereocenters. The summed E-state index contributed by atoms with van der Waals surface area (Å²) in [5.41, 5.74) is 1.52. The van der Waals surface area contributed by atoms with Crippen LogP contribution in [-0.4, -0.2) is 55.9 Å². The lowest BCUT2D eigenvalue weighted by Crippen LogP contribution is -2.49. The van der Waals surface area contributed by atoms with E-state index >= 15 is 0 Å². The van der Waals surface area contributed by atoms with Gasteiger partial charge >= 0.3 is 12.0 Å². The smallest absolute Gasteiger partial charge is 0.322 e. The topological polar surface area (TPSA) is 87.5 Å². The molecule has 1 aromatic rings. The van der Waals surface area contributed by atoms with Gasteiger partial charge in [0.05, 0.1) is 23.8 Å². The Morgan fingerprint density at radius 1 is 1.57 bits per heavy atom. The predicted molar refractivity (Wildman–Crippen MR) is 81.7 cm³/mol. The molecule has 0 bridgehead atoms. The van der Waals surface area contributed by atoms with Gasteiger partial charge in [0.25, 0.3) is 0 Å². The summed E-state index contributed by atoms with van der Waals surface area (Å²) in [6, 6.07) is -0.507. The van der Waals surface area contributed by atoms with Crippen LogP contribution >= 0.6 is 11.8 Å². The number of carboxylic acids is 1. The summed E-state index contributed by atoms with van der Waals surface area (Å²) < 4.78 is 1.66. The number of urea groups is 1. The van der Waals surface area contributed by atoms with E-state index in [2.05, 4.69) is 10.4 Å². The lowest BCUT2D eigenvalue weighted by Gasteiger charge is -2.34. The Labute approximate surface area is 127 Å². The normalized spacial score (nSPS) is 18.6. The van der Waals surface area contributed by atoms with Crippen molar-refractivity contribution >= 4 is 29.4 Å². The van der Waals surface area contributed by atoms with Crippen LogP contribution in [0.4, 0.5) is 10.5 Å². The van der Waals surface area contributed by atoms with E-state index in [1.807, 2.05) is 6.92 Å². The van der Waals surface area contributed by atoms with E-state index in [-0.39, 0.29) is 18.5 Å². The zero-order valence-electron chi connectivity index (χ0n) is 12.2. The van der Waals surface area contributed by atoms with Gasteiger partial charge in [-0.2, -0.15) is 16.9 Å². The van der Waals surface area contributed by atoms with E-state index in [0.29, 0.717) is 18.0 Å². The van der Waals surface area contributed by atoms with Gasteiger partial charge in [-0.25, -0.2) is 4.79 Å². The standard InChI is InChI=1S/C13H20N4O3S/c1-3-10-11(7-16(2)15-10)14-13(20)17-4-5-21-8-9(17)6-12(18)19/h7,9H,3-6,8H2,1-2H3,(H,14,20)(H,18,19). The molecule has 0 aliphatic carbocycles. The highest BCUT2D eigenvalue weighted by Gasteiger charge is 2.29. The highest BCUT2D eigenvalue weighted by Crippen LogP contribution is 2.21. The summed E-state index contributed by atoms with van der Waals surface area (Å²) in [5.74, 6) is 0.612. The largest absolute Gasteiger partial charge is 0.481 e. The van der Waals surface area contributed by atoms with Crippen LogP contribution in [0.25, 0.3) is 0 Å². The van der Waals surface area contributed by atoms with Crippen LogP contribution in [0.5, 0.6) is 0 Å². The number of nitrogens with zero attached hydrogens (tertiary/aromatic N) is 3. The van der Waals surface area contributed by atoms with Crippen LogP contribution in [0.15, 0.2) is 6.20 Å². The van der Waals surface area contributed by atoms with Crippen LogP contribution in [0.3, 0.4) is 0 Å². The van der Waals surface area contributed by atoms with Crippen LogP contribution < -0.4 is 5.32 Å². The molecule has 0 radical (unpaired) electrons. The molecule has 0 spiro atoms. The molecule has 1 fully saturated rings. The third-order valence-electron chi connectivity index (χ3n) is 3.38. The number of carboxylic acid groups (broad SMARTS) is 1. The van der Waals surface area contributed by atoms with Crippen molar-refractivity contribution in [1.29, 1.82) is 0 Å². The van der Waals surface area contributed by atoms with E-state index in [4.69, 9.17) is 5.11 Å². The number of aliphatic carboxylic acids is 1. The van der Waals surface area contributed by atoms with Crippen molar-refractivity contribution in [3.05, 3.63) is 11.9 Å². The predicted octanol–water partition coefficient (Wildman–Crippen LogP) is 1.41. The lowest BCUT2D eigenvalue weighted by atomic mass is 10.2. The Morgan fingerprint density at radius 2 is 2.33 bits per heavy atom. The van der Waals surface area contributed by atoms with Crippen molar-refractivity contribution in [2.24, 2.45) is 7.05 Å². The van der Waals surface area contributed by atoms with Crippen molar-refractivity contribution in [2.75, 3.05) is 23.4 Å². The summed E-state index contributed by atoms with van der Waals surface area (Å²) >= 11 is 1.68. The Balaban J connectivity index is 2.08. The van der Waals surface area contributed by atoms with Gasteiger partial charge in [0.1, 0.15) is 0 Å². The Kier molecular flexibility index (Phi) is 5.11. The first-order valence-corrected chi connectivity index (χ1v) is 8.06. The first-order chi connectivity index (χ1) is 10.0. The molecule has 2 heterocycles. The molecule has 2 rings (SSSR count). The molecule has 1 saturated heterocycles. The summed E-state index contributed by atoms with van der Waals surface area (Å²) in [6.07, 6.45) is 2.47. The van der Waals surface area contributed by atoms with Crippen molar-refractivity contribution < 1.29 is 14.7 Å². The number of nitrogens with one attached hydrogen (secondary N) is 1. The minimum atomic E-state index is -0.879. The molecule has 1 atom stereocenters. The van der Waals surface area contributed by atoms with Crippen LogP contribution in [-0.2, 0) is 18.3 Å². The third kappa shape index (κ3) is 3.90. The molecule has 0 aromatic carbocycles. The molecular formula is C13H20N4O3S. The molecule has 21 heavy (non-hydrogen) atoms. The summed E-state index contributed by atoms with van der Waals surface area (Å²) in [5, 5.41) is 16.1. The van der Waals surface area contributed by atoms with Crippen molar-refractivity contribution in [2.45, 2.75) is 25.8 Å². The van der Waals surface area contributed by atoms with E-state index in [1.54, 1.807) is 34.6 Å². The van der Waals surface area contributed by atoms with Gasteiger partial charge < -0.3 is 15.3 Å². The summed E-state index contributed by atoms with van der Waals surface area (Å²) in [7, 11) is 1.81. The highest BCUT2D eigenvalue weighted by atomic mass is 32.2. The fourth-order valence-corrected chi connectivity index (χ4v) is 3.44. The zero-order chi connectivity index (χ0) is 15.4. The first kappa shape index (κ1) is 15.7. The molecule has 0 saturated carbocycles. The number of aromatic nitrogens is 2. The quantitative estimate of drug-likeness (QED) is 0.877. The molecule has 116 valence electrons. The maximum absolute atomic E-state index is 12.4. The van der Waals surface area contributed by atoms with Gasteiger partial charge in [-0.05, 0) is 6.42 Å². The number of amides is 2. The number of rotatable bonds is 4. The maximum Gasteiger partial charge on any atom is 0.322 e. The van der Waals surface area contributed by atoms with E-state index < -0.39 is 5.97 Å². The number of carbonyl (C=O) groups is 2. The van der Waals surface area contributed by atoms with E-state index in [0.717, 1.165) is 17.9 Å². The number of carbonyl (C=O) groups excluding carboxylic acids is 1. The van der Waals surface area contributed by atoms with Crippen LogP contribution in [0, 0.1) is 0 Å². The molecule has 1 aliphatic rings. The van der Waals surface area contributed by atoms with Gasteiger partial charge in [0, 0.05) is 31.3 Å². The monoisotopic (exact) mass is 312 g/mol. The van der Waals surface area contributed by atoms with Crippen molar-refractivity contribution in [3.8, 4) is 0 Å². The van der Waals surface area contributed by atoms with Crippen molar-refractivity contribution in [3.63, 3.8) is 0 Å². The van der Waals surface area contributed by atoms with E-state index in [1.165, 1.54) is 0 Å². The molecular weight excluding hydrogens is 292 g/mol. The van der Waals surface area contributed by atoms with Gasteiger partial charge in [0.15, 0.2) is 0 Å². The Morgan fingerprint density at radius 3 is 3.00 bits per heavy atom. The number of hydrogen-bond acceptors (Lipinski definition) is 4. The fraction of sp³-hybridized carbons (Fsp3) is 0.615. The Bertz CT molecular complexity index is 531. The molecule has 8 heteroatoms. The van der Waals surface area contributed by atoms with Gasteiger partial charge in [-0.1, -0.05) is 6.92 Å². The van der Waals surface area contributed by atoms with Gasteiger partial charge in [-0.3, -0.25) is 9.48 Å². The van der Waals surface area contributed by atoms with Crippen LogP contribution in [0.1, 0.15) is 19.0 Å². The fourth-order valence-electron chi connectivity index (χ4n) is 2.38. The molecule has 1 aliphatic heterocycles. The van der Waals surface area contributed by atoms with Gasteiger partial charge in [-0.15, -0.1) is 0 Å². The summed E-state index contributed by atoms with van der Waals surface area (Å²) in [4.78, 5) is 25.0. The SMILES string of the molecule is CCc1nn(C)cc1NC(=O)N1CCSCC1CC(=O)O. The minimum absolute atomic E-state index is 0.0197. The average Bonchev–Trinajstić information content (AvgIpc) is 2.78. The molecule has 2 N–H and O–H groups in total. The maximum atomic E-state index is 12.4. The number of hydrogen-bond donors (Lipinski definition) is 2. The molecule has 2 amide bonds. The lowest BCUT2D eigenvalue weighted by molar-refractivity contribution is -0.137. The third-order valence-corrected chi connectivity index (χ3v) is 4.47. The zero-order valence-corrected chi connectivity index (χ0v) is 13.0. The summed E-state index contributed by atoms with van der Waals surface area (Å²) in [6.45, 7) is 2.54. The number of aryl methyl sites for hydroxylation is 2. The van der Waals surface area contributed by atoms with Crippen molar-refractivity contribution in [1.82, 2.24) is 14.7 Å². The van der Waals surface area contributed by atoms with Gasteiger partial charge in [0.2, 0.25) is 0 Å². The second-order valence-electron chi connectivity index (χ2n) is 4.97. The minimum Gasteiger partial charge on any atom is -0.481 e. The number of thioether (sulfide) groups is 1. The molecule has 1 aromatic heterocycles. The van der Waals surface area contributed by atoms with Crippen LogP contribution in [0.2, 0.25) is 0 Å². The Hall–Kier alpha value is -1.70. The highest BCUT2D eigenvalue weighted by molar-refractivity contribution is 7.99. The van der Waals surface area contributed by atoms with E-state index in [9.17, 15) is 9.59 Å². The second-order valence-corrected chi connectivity index (χ2v) is 6.12. The molecule has 7 nitrogen and oxygen atoms in total. The first-order valence-electron chi connectivity index (χ1n) is 6.91. The number of anilines is 1.